The summed E-state index contributed by atoms with van der Waals surface area (Å²) in [6.07, 6.45) is -0.455. The largest absolute Gasteiger partial charge is 0.493 e. The molecule has 0 bridgehead atoms. The molecule has 0 aliphatic heterocycles. The molecule has 0 aliphatic rings. The van der Waals surface area contributed by atoms with Gasteiger partial charge in [-0.1, -0.05) is 13.0 Å². The second kappa shape index (κ2) is 5.87. The Balaban J connectivity index is 2.68. The van der Waals surface area contributed by atoms with Gasteiger partial charge in [0.05, 0.1) is 12.7 Å². The molecule has 2 N–H and O–H groups in total. The van der Waals surface area contributed by atoms with Gasteiger partial charge in [0, 0.05) is 12.5 Å². The third-order valence-corrected chi connectivity index (χ3v) is 2.52. The molecule has 3 nitrogen and oxygen atoms in total. The minimum absolute atomic E-state index is 0.130. The van der Waals surface area contributed by atoms with E-state index in [-0.39, 0.29) is 12.5 Å². The predicted octanol–water partition coefficient (Wildman–Crippen LogP) is 2.06. The van der Waals surface area contributed by atoms with E-state index in [4.69, 9.17) is 9.84 Å². The van der Waals surface area contributed by atoms with Crippen molar-refractivity contribution >= 4 is 0 Å². The van der Waals surface area contributed by atoms with Crippen LogP contribution in [0.4, 0.5) is 0 Å². The van der Waals surface area contributed by atoms with Crippen LogP contribution in [0.25, 0.3) is 0 Å². The second-order valence-electron chi connectivity index (χ2n) is 4.30. The van der Waals surface area contributed by atoms with Crippen molar-refractivity contribution in [1.82, 2.24) is 0 Å². The van der Waals surface area contributed by atoms with E-state index >= 15 is 0 Å². The SMILES string of the molecule is Cc1cc(C(C)O)ccc1OCC(C)CO. The summed E-state index contributed by atoms with van der Waals surface area (Å²) in [5.41, 5.74) is 1.89. The normalized spacial score (nSPS) is 14.6. The predicted molar refractivity (Wildman–Crippen MR) is 63.6 cm³/mol. The van der Waals surface area contributed by atoms with Crippen LogP contribution < -0.4 is 4.74 Å². The van der Waals surface area contributed by atoms with E-state index in [9.17, 15) is 5.11 Å². The van der Waals surface area contributed by atoms with Crippen molar-refractivity contribution in [3.8, 4) is 5.75 Å². The Labute approximate surface area is 96.7 Å². The van der Waals surface area contributed by atoms with Gasteiger partial charge in [0.25, 0.3) is 0 Å². The van der Waals surface area contributed by atoms with Crippen molar-refractivity contribution in [3.05, 3.63) is 29.3 Å². The molecule has 0 heterocycles. The van der Waals surface area contributed by atoms with Crippen LogP contribution in [-0.2, 0) is 0 Å². The molecule has 0 radical (unpaired) electrons. The molecule has 1 aromatic rings. The van der Waals surface area contributed by atoms with Crippen molar-refractivity contribution in [2.24, 2.45) is 5.92 Å². The maximum Gasteiger partial charge on any atom is 0.122 e. The van der Waals surface area contributed by atoms with E-state index in [0.29, 0.717) is 6.61 Å². The van der Waals surface area contributed by atoms with Gasteiger partial charge in [0.15, 0.2) is 0 Å². The smallest absolute Gasteiger partial charge is 0.122 e. The van der Waals surface area contributed by atoms with E-state index in [0.717, 1.165) is 16.9 Å². The summed E-state index contributed by atoms with van der Waals surface area (Å²) in [6.45, 7) is 6.25. The fraction of sp³-hybridized carbons (Fsp3) is 0.538. The number of aryl methyl sites for hydroxylation is 1. The summed E-state index contributed by atoms with van der Waals surface area (Å²) >= 11 is 0. The zero-order valence-electron chi connectivity index (χ0n) is 10.1. The molecule has 2 unspecified atom stereocenters. The van der Waals surface area contributed by atoms with Gasteiger partial charge in [-0.25, -0.2) is 0 Å². The highest BCUT2D eigenvalue weighted by atomic mass is 16.5. The summed E-state index contributed by atoms with van der Waals surface area (Å²) in [5.74, 6) is 0.945. The lowest BCUT2D eigenvalue weighted by Crippen LogP contribution is -2.12. The van der Waals surface area contributed by atoms with Gasteiger partial charge in [-0.3, -0.25) is 0 Å². The van der Waals surface area contributed by atoms with Crippen molar-refractivity contribution in [2.45, 2.75) is 26.9 Å². The first-order valence-corrected chi connectivity index (χ1v) is 5.57. The van der Waals surface area contributed by atoms with E-state index in [1.165, 1.54) is 0 Å². The monoisotopic (exact) mass is 224 g/mol. The minimum atomic E-state index is -0.455. The maximum absolute atomic E-state index is 9.42. The van der Waals surface area contributed by atoms with Crippen molar-refractivity contribution in [2.75, 3.05) is 13.2 Å². The molecular weight excluding hydrogens is 204 g/mol. The Morgan fingerprint density at radius 2 is 2.00 bits per heavy atom. The Morgan fingerprint density at radius 1 is 1.31 bits per heavy atom. The number of rotatable bonds is 5. The topological polar surface area (TPSA) is 49.7 Å². The van der Waals surface area contributed by atoms with Gasteiger partial charge in [-0.05, 0) is 37.1 Å². The molecule has 0 saturated heterocycles. The lowest BCUT2D eigenvalue weighted by molar-refractivity contribution is 0.173. The number of ether oxygens (including phenoxy) is 1. The summed E-state index contributed by atoms with van der Waals surface area (Å²) in [6, 6.07) is 5.64. The molecule has 90 valence electrons. The molecule has 0 fully saturated rings. The molecule has 16 heavy (non-hydrogen) atoms. The third kappa shape index (κ3) is 3.51. The third-order valence-electron chi connectivity index (χ3n) is 2.52. The van der Waals surface area contributed by atoms with Gasteiger partial charge < -0.3 is 14.9 Å². The van der Waals surface area contributed by atoms with Gasteiger partial charge in [-0.2, -0.15) is 0 Å². The second-order valence-corrected chi connectivity index (χ2v) is 4.30. The van der Waals surface area contributed by atoms with E-state index in [1.54, 1.807) is 6.92 Å². The number of hydrogen-bond donors (Lipinski definition) is 2. The molecule has 0 amide bonds. The summed E-state index contributed by atoms with van der Waals surface area (Å²) in [4.78, 5) is 0. The maximum atomic E-state index is 9.42. The lowest BCUT2D eigenvalue weighted by atomic mass is 10.1. The minimum Gasteiger partial charge on any atom is -0.493 e. The van der Waals surface area contributed by atoms with Crippen LogP contribution in [0.1, 0.15) is 31.1 Å². The zero-order chi connectivity index (χ0) is 12.1. The van der Waals surface area contributed by atoms with Crippen LogP contribution in [0.3, 0.4) is 0 Å². The highest BCUT2D eigenvalue weighted by molar-refractivity contribution is 5.36. The summed E-state index contributed by atoms with van der Waals surface area (Å²) in [7, 11) is 0. The average Bonchev–Trinajstić information content (AvgIpc) is 2.26. The number of benzene rings is 1. The van der Waals surface area contributed by atoms with Crippen LogP contribution in [0.2, 0.25) is 0 Å². The highest BCUT2D eigenvalue weighted by Gasteiger charge is 2.06. The Bertz CT molecular complexity index is 334. The molecule has 1 rings (SSSR count). The standard InChI is InChI=1S/C13H20O3/c1-9(7-14)8-16-13-5-4-12(11(3)15)6-10(13)2/h4-6,9,11,14-15H,7-8H2,1-3H3. The molecule has 1 aromatic carbocycles. The van der Waals surface area contributed by atoms with Crippen molar-refractivity contribution in [3.63, 3.8) is 0 Å². The van der Waals surface area contributed by atoms with Crippen LogP contribution in [0.5, 0.6) is 5.75 Å². The highest BCUT2D eigenvalue weighted by Crippen LogP contribution is 2.22. The molecular formula is C13H20O3. The van der Waals surface area contributed by atoms with E-state index in [2.05, 4.69) is 0 Å². The van der Waals surface area contributed by atoms with Crippen LogP contribution in [0, 0.1) is 12.8 Å². The lowest BCUT2D eigenvalue weighted by Gasteiger charge is -2.14. The molecule has 0 aromatic heterocycles. The van der Waals surface area contributed by atoms with Gasteiger partial charge in [-0.15, -0.1) is 0 Å². The fourth-order valence-corrected chi connectivity index (χ4v) is 1.38. The first kappa shape index (κ1) is 13.0. The Hall–Kier alpha value is -1.06. The molecule has 0 spiro atoms. The molecule has 0 saturated carbocycles. The first-order chi connectivity index (χ1) is 7.54. The fourth-order valence-electron chi connectivity index (χ4n) is 1.38. The van der Waals surface area contributed by atoms with Crippen LogP contribution in [-0.4, -0.2) is 23.4 Å². The quantitative estimate of drug-likeness (QED) is 0.804. The van der Waals surface area contributed by atoms with E-state index < -0.39 is 6.10 Å². The van der Waals surface area contributed by atoms with Gasteiger partial charge in [0.2, 0.25) is 0 Å². The Morgan fingerprint density at radius 3 is 2.50 bits per heavy atom. The molecule has 0 aliphatic carbocycles. The van der Waals surface area contributed by atoms with Crippen LogP contribution in [0.15, 0.2) is 18.2 Å². The van der Waals surface area contributed by atoms with Crippen molar-refractivity contribution in [1.29, 1.82) is 0 Å². The zero-order valence-corrected chi connectivity index (χ0v) is 10.1. The Kier molecular flexibility index (Phi) is 4.77. The van der Waals surface area contributed by atoms with Crippen LogP contribution >= 0.6 is 0 Å². The number of aliphatic hydroxyl groups excluding tert-OH is 2. The van der Waals surface area contributed by atoms with Gasteiger partial charge in [0.1, 0.15) is 5.75 Å². The molecule has 3 heteroatoms. The first-order valence-electron chi connectivity index (χ1n) is 5.57. The van der Waals surface area contributed by atoms with Crippen molar-refractivity contribution < 1.29 is 14.9 Å². The average molecular weight is 224 g/mol. The molecule has 2 atom stereocenters. The van der Waals surface area contributed by atoms with Gasteiger partial charge >= 0.3 is 0 Å². The van der Waals surface area contributed by atoms with E-state index in [1.807, 2.05) is 32.0 Å². The number of hydrogen-bond acceptors (Lipinski definition) is 3. The summed E-state index contributed by atoms with van der Waals surface area (Å²) < 4.78 is 5.58. The summed E-state index contributed by atoms with van der Waals surface area (Å²) in [5, 5.41) is 18.3. The number of aliphatic hydroxyl groups is 2.